The van der Waals surface area contributed by atoms with Crippen LogP contribution in [0.5, 0.6) is 0 Å². The summed E-state index contributed by atoms with van der Waals surface area (Å²) in [7, 11) is 0. The van der Waals surface area contributed by atoms with Gasteiger partial charge in [0.25, 0.3) is 0 Å². The highest BCUT2D eigenvalue weighted by Crippen LogP contribution is 2.16. The number of aromatic nitrogens is 4. The zero-order valence-corrected chi connectivity index (χ0v) is 9.27. The van der Waals surface area contributed by atoms with Gasteiger partial charge >= 0.3 is 0 Å². The molecule has 1 unspecified atom stereocenters. The molecule has 6 nitrogen and oxygen atoms in total. The van der Waals surface area contributed by atoms with Gasteiger partial charge in [0.2, 0.25) is 0 Å². The van der Waals surface area contributed by atoms with Crippen molar-refractivity contribution in [3.63, 3.8) is 0 Å². The average molecular weight is 220 g/mol. The zero-order chi connectivity index (χ0) is 11.4. The lowest BCUT2D eigenvalue weighted by molar-refractivity contribution is 0.646. The lowest BCUT2D eigenvalue weighted by Crippen LogP contribution is -2.29. The molecule has 16 heavy (non-hydrogen) atoms. The van der Waals surface area contributed by atoms with Crippen LogP contribution in [0.25, 0.3) is 11.2 Å². The molecule has 86 valence electrons. The second-order valence-corrected chi connectivity index (χ2v) is 3.69. The molecule has 0 radical (unpaired) electrons. The van der Waals surface area contributed by atoms with E-state index in [1.165, 1.54) is 6.33 Å². The molecule has 0 bridgehead atoms. The van der Waals surface area contributed by atoms with Gasteiger partial charge in [-0.05, 0) is 6.42 Å². The molecule has 0 amide bonds. The number of aromatic amines is 1. The van der Waals surface area contributed by atoms with Crippen LogP contribution in [-0.4, -0.2) is 32.5 Å². The maximum atomic E-state index is 5.69. The van der Waals surface area contributed by atoms with Gasteiger partial charge in [-0.3, -0.25) is 0 Å². The van der Waals surface area contributed by atoms with E-state index in [2.05, 4.69) is 32.2 Å². The molecule has 0 fully saturated rings. The Balaban J connectivity index is 2.22. The average Bonchev–Trinajstić information content (AvgIpc) is 2.77. The number of H-pyrrole nitrogens is 1. The van der Waals surface area contributed by atoms with Crippen LogP contribution in [0.2, 0.25) is 0 Å². The van der Waals surface area contributed by atoms with Gasteiger partial charge in [-0.25, -0.2) is 15.0 Å². The van der Waals surface area contributed by atoms with Gasteiger partial charge < -0.3 is 16.0 Å². The zero-order valence-electron chi connectivity index (χ0n) is 9.27. The van der Waals surface area contributed by atoms with Gasteiger partial charge in [0.1, 0.15) is 11.8 Å². The fourth-order valence-corrected chi connectivity index (χ4v) is 1.67. The van der Waals surface area contributed by atoms with Crippen molar-refractivity contribution in [1.29, 1.82) is 0 Å². The Hall–Kier alpha value is -1.69. The van der Waals surface area contributed by atoms with Crippen LogP contribution in [0, 0.1) is 0 Å². The Kier molecular flexibility index (Phi) is 3.31. The van der Waals surface area contributed by atoms with Gasteiger partial charge in [-0.2, -0.15) is 0 Å². The van der Waals surface area contributed by atoms with Crippen LogP contribution < -0.4 is 11.1 Å². The minimum atomic E-state index is 0.242. The first-order valence-electron chi connectivity index (χ1n) is 5.45. The number of anilines is 1. The standard InChI is InChI=1S/C10H16N6/c1-2-3-7(4-11)16-10-8-9(13-5-12-8)14-6-15-10/h5-7H,2-4,11H2,1H3,(H2,12,13,14,15,16). The smallest absolute Gasteiger partial charge is 0.182 e. The van der Waals surface area contributed by atoms with Crippen LogP contribution in [-0.2, 0) is 0 Å². The van der Waals surface area contributed by atoms with Gasteiger partial charge in [0.05, 0.1) is 6.33 Å². The molecule has 0 aliphatic rings. The summed E-state index contributed by atoms with van der Waals surface area (Å²) in [4.78, 5) is 15.4. The van der Waals surface area contributed by atoms with E-state index < -0.39 is 0 Å². The Labute approximate surface area is 93.7 Å². The summed E-state index contributed by atoms with van der Waals surface area (Å²) >= 11 is 0. The molecule has 0 aromatic carbocycles. The topological polar surface area (TPSA) is 92.5 Å². The Morgan fingerprint density at radius 3 is 3.06 bits per heavy atom. The molecule has 1 atom stereocenters. The van der Waals surface area contributed by atoms with Crippen LogP contribution >= 0.6 is 0 Å². The van der Waals surface area contributed by atoms with Crippen molar-refractivity contribution in [3.8, 4) is 0 Å². The number of rotatable bonds is 5. The van der Waals surface area contributed by atoms with Crippen molar-refractivity contribution in [1.82, 2.24) is 19.9 Å². The first kappa shape index (κ1) is 10.8. The first-order valence-corrected chi connectivity index (χ1v) is 5.45. The third kappa shape index (κ3) is 2.11. The summed E-state index contributed by atoms with van der Waals surface area (Å²) < 4.78 is 0. The molecular formula is C10H16N6. The summed E-state index contributed by atoms with van der Waals surface area (Å²) in [5, 5.41) is 3.31. The van der Waals surface area contributed by atoms with E-state index in [1.807, 2.05) is 0 Å². The Morgan fingerprint density at radius 2 is 2.31 bits per heavy atom. The number of fused-ring (bicyclic) bond motifs is 1. The molecule has 2 aromatic rings. The summed E-state index contributed by atoms with van der Waals surface area (Å²) in [6.07, 6.45) is 5.23. The molecule has 2 heterocycles. The maximum absolute atomic E-state index is 5.69. The molecular weight excluding hydrogens is 204 g/mol. The lowest BCUT2D eigenvalue weighted by atomic mass is 10.1. The third-order valence-corrected chi connectivity index (χ3v) is 2.49. The lowest BCUT2D eigenvalue weighted by Gasteiger charge is -2.16. The monoisotopic (exact) mass is 220 g/mol. The number of nitrogens with zero attached hydrogens (tertiary/aromatic N) is 3. The highest BCUT2D eigenvalue weighted by molar-refractivity contribution is 5.82. The molecule has 0 aliphatic carbocycles. The summed E-state index contributed by atoms with van der Waals surface area (Å²) in [6.45, 7) is 2.73. The fourth-order valence-electron chi connectivity index (χ4n) is 1.67. The highest BCUT2D eigenvalue weighted by Gasteiger charge is 2.10. The maximum Gasteiger partial charge on any atom is 0.182 e. The van der Waals surface area contributed by atoms with E-state index in [4.69, 9.17) is 5.73 Å². The largest absolute Gasteiger partial charge is 0.364 e. The van der Waals surface area contributed by atoms with E-state index in [1.54, 1.807) is 6.33 Å². The first-order chi connectivity index (χ1) is 7.85. The van der Waals surface area contributed by atoms with E-state index >= 15 is 0 Å². The van der Waals surface area contributed by atoms with Crippen molar-refractivity contribution in [2.75, 3.05) is 11.9 Å². The van der Waals surface area contributed by atoms with E-state index in [9.17, 15) is 0 Å². The normalized spacial score (nSPS) is 12.9. The molecule has 6 heteroatoms. The predicted molar refractivity (Wildman–Crippen MR) is 63.1 cm³/mol. The number of nitrogens with two attached hydrogens (primary N) is 1. The molecule has 4 N–H and O–H groups in total. The quantitative estimate of drug-likeness (QED) is 0.696. The molecule has 0 saturated heterocycles. The van der Waals surface area contributed by atoms with Gasteiger partial charge in [0, 0.05) is 12.6 Å². The summed E-state index contributed by atoms with van der Waals surface area (Å²) in [6, 6.07) is 0.242. The van der Waals surface area contributed by atoms with Crippen LogP contribution in [0.15, 0.2) is 12.7 Å². The van der Waals surface area contributed by atoms with Crippen LogP contribution in [0.3, 0.4) is 0 Å². The molecule has 0 spiro atoms. The molecule has 2 aromatic heterocycles. The number of nitrogens with one attached hydrogen (secondary N) is 2. The number of hydrogen-bond acceptors (Lipinski definition) is 5. The van der Waals surface area contributed by atoms with Gasteiger partial charge in [-0.15, -0.1) is 0 Å². The molecule has 0 aliphatic heterocycles. The van der Waals surface area contributed by atoms with E-state index in [-0.39, 0.29) is 6.04 Å². The summed E-state index contributed by atoms with van der Waals surface area (Å²) in [5.41, 5.74) is 7.20. The van der Waals surface area contributed by atoms with Crippen molar-refractivity contribution < 1.29 is 0 Å². The van der Waals surface area contributed by atoms with Crippen LogP contribution in [0.1, 0.15) is 19.8 Å². The van der Waals surface area contributed by atoms with Gasteiger partial charge in [-0.1, -0.05) is 13.3 Å². The van der Waals surface area contributed by atoms with E-state index in [0.29, 0.717) is 12.2 Å². The number of hydrogen-bond donors (Lipinski definition) is 3. The second kappa shape index (κ2) is 4.89. The molecule has 2 rings (SSSR count). The predicted octanol–water partition coefficient (Wildman–Crippen LogP) is 0.892. The number of imidazole rings is 1. The van der Waals surface area contributed by atoms with E-state index in [0.717, 1.165) is 24.2 Å². The van der Waals surface area contributed by atoms with Crippen molar-refractivity contribution >= 4 is 17.0 Å². The minimum Gasteiger partial charge on any atom is -0.364 e. The molecule has 0 saturated carbocycles. The van der Waals surface area contributed by atoms with Crippen molar-refractivity contribution in [2.24, 2.45) is 5.73 Å². The highest BCUT2D eigenvalue weighted by atomic mass is 15.1. The second-order valence-electron chi connectivity index (χ2n) is 3.69. The minimum absolute atomic E-state index is 0.242. The SMILES string of the molecule is CCCC(CN)Nc1ncnc2nc[nH]c12. The van der Waals surface area contributed by atoms with Crippen molar-refractivity contribution in [3.05, 3.63) is 12.7 Å². The third-order valence-electron chi connectivity index (χ3n) is 2.49. The van der Waals surface area contributed by atoms with Crippen LogP contribution in [0.4, 0.5) is 5.82 Å². The van der Waals surface area contributed by atoms with Crippen molar-refractivity contribution in [2.45, 2.75) is 25.8 Å². The Morgan fingerprint density at radius 1 is 1.44 bits per heavy atom. The Bertz CT molecular complexity index is 451. The fraction of sp³-hybridized carbons (Fsp3) is 0.500. The summed E-state index contributed by atoms with van der Waals surface area (Å²) in [5.74, 6) is 0.770. The van der Waals surface area contributed by atoms with Gasteiger partial charge in [0.15, 0.2) is 11.5 Å².